The summed E-state index contributed by atoms with van der Waals surface area (Å²) in [7, 11) is 0. The van der Waals surface area contributed by atoms with Gasteiger partial charge in [0.25, 0.3) is 0 Å². The zero-order valence-electron chi connectivity index (χ0n) is 9.64. The molecule has 0 aliphatic heterocycles. The Morgan fingerprint density at radius 1 is 1.18 bits per heavy atom. The van der Waals surface area contributed by atoms with Crippen molar-refractivity contribution in [1.82, 2.24) is 9.97 Å². The van der Waals surface area contributed by atoms with Crippen molar-refractivity contribution in [2.45, 2.75) is 13.8 Å². The topological polar surface area (TPSA) is 63.1 Å². The van der Waals surface area contributed by atoms with Crippen molar-refractivity contribution in [3.8, 4) is 11.4 Å². The zero-order valence-corrected chi connectivity index (χ0v) is 9.64. The molecule has 0 amide bonds. The molecule has 0 spiro atoms. The number of aromatic carboxylic acids is 1. The van der Waals surface area contributed by atoms with Crippen molar-refractivity contribution in [3.63, 3.8) is 0 Å². The summed E-state index contributed by atoms with van der Waals surface area (Å²) < 4.78 is 0. The summed E-state index contributed by atoms with van der Waals surface area (Å²) in [5.74, 6) is -0.974. The maximum absolute atomic E-state index is 10.7. The molecule has 17 heavy (non-hydrogen) atoms. The molecule has 2 aromatic rings. The fraction of sp³-hybridized carbons (Fsp3) is 0.154. The lowest BCUT2D eigenvalue weighted by atomic mass is 10.1. The minimum absolute atomic E-state index is 0.179. The van der Waals surface area contributed by atoms with E-state index >= 15 is 0 Å². The van der Waals surface area contributed by atoms with Crippen LogP contribution in [0.15, 0.2) is 30.6 Å². The van der Waals surface area contributed by atoms with Gasteiger partial charge in [0.2, 0.25) is 0 Å². The molecule has 4 heteroatoms. The van der Waals surface area contributed by atoms with Gasteiger partial charge in [0.15, 0.2) is 0 Å². The number of hydrogen-bond acceptors (Lipinski definition) is 3. The Bertz CT molecular complexity index is 562. The average Bonchev–Trinajstić information content (AvgIpc) is 2.29. The van der Waals surface area contributed by atoms with E-state index in [0.29, 0.717) is 5.69 Å². The fourth-order valence-corrected chi connectivity index (χ4v) is 1.64. The van der Waals surface area contributed by atoms with Crippen LogP contribution < -0.4 is 0 Å². The van der Waals surface area contributed by atoms with Gasteiger partial charge in [-0.2, -0.15) is 0 Å². The molecule has 2 rings (SSSR count). The molecule has 0 unspecified atom stereocenters. The van der Waals surface area contributed by atoms with Gasteiger partial charge in [0.1, 0.15) is 0 Å². The van der Waals surface area contributed by atoms with E-state index in [0.717, 1.165) is 16.8 Å². The molecule has 0 aliphatic carbocycles. The summed E-state index contributed by atoms with van der Waals surface area (Å²) in [5.41, 5.74) is 3.77. The number of carboxylic acid groups (broad SMARTS) is 1. The van der Waals surface area contributed by atoms with Crippen LogP contribution in [0.25, 0.3) is 11.4 Å². The molecule has 0 saturated carbocycles. The predicted molar refractivity (Wildman–Crippen MR) is 63.9 cm³/mol. The highest BCUT2D eigenvalue weighted by Crippen LogP contribution is 2.19. The first-order valence-corrected chi connectivity index (χ1v) is 5.21. The van der Waals surface area contributed by atoms with E-state index < -0.39 is 5.97 Å². The highest BCUT2D eigenvalue weighted by Gasteiger charge is 2.07. The molecule has 2 aromatic heterocycles. The van der Waals surface area contributed by atoms with Crippen LogP contribution in [0.4, 0.5) is 0 Å². The second-order valence-electron chi connectivity index (χ2n) is 3.92. The van der Waals surface area contributed by atoms with Crippen molar-refractivity contribution < 1.29 is 9.90 Å². The van der Waals surface area contributed by atoms with Crippen molar-refractivity contribution >= 4 is 5.97 Å². The quantitative estimate of drug-likeness (QED) is 0.857. The van der Waals surface area contributed by atoms with Gasteiger partial charge < -0.3 is 5.11 Å². The Morgan fingerprint density at radius 3 is 2.47 bits per heavy atom. The Kier molecular flexibility index (Phi) is 2.87. The minimum Gasteiger partial charge on any atom is -0.478 e. The lowest BCUT2D eigenvalue weighted by Crippen LogP contribution is -1.98. The standard InChI is InChI=1S/C13H12N2O2/c1-8-5-9(2)12(15-6-8)11-4-3-10(7-14-11)13(16)17/h3-7H,1-2H3,(H,16,17). The lowest BCUT2D eigenvalue weighted by molar-refractivity contribution is 0.0696. The summed E-state index contributed by atoms with van der Waals surface area (Å²) in [6.45, 7) is 3.94. The Hall–Kier alpha value is -2.23. The Labute approximate surface area is 99.0 Å². The van der Waals surface area contributed by atoms with E-state index in [4.69, 9.17) is 5.11 Å². The van der Waals surface area contributed by atoms with Gasteiger partial charge in [-0.25, -0.2) is 4.79 Å². The smallest absolute Gasteiger partial charge is 0.337 e. The second-order valence-corrected chi connectivity index (χ2v) is 3.92. The van der Waals surface area contributed by atoms with Crippen LogP contribution in [0.1, 0.15) is 21.5 Å². The zero-order chi connectivity index (χ0) is 12.4. The number of aryl methyl sites for hydroxylation is 2. The minimum atomic E-state index is -0.974. The monoisotopic (exact) mass is 228 g/mol. The highest BCUT2D eigenvalue weighted by atomic mass is 16.4. The summed E-state index contributed by atoms with van der Waals surface area (Å²) >= 11 is 0. The summed E-state index contributed by atoms with van der Waals surface area (Å²) in [6, 6.07) is 5.23. The number of nitrogens with zero attached hydrogens (tertiary/aromatic N) is 2. The van der Waals surface area contributed by atoms with Crippen LogP contribution >= 0.6 is 0 Å². The molecule has 0 saturated heterocycles. The molecule has 0 atom stereocenters. The van der Waals surface area contributed by atoms with E-state index in [-0.39, 0.29) is 5.56 Å². The van der Waals surface area contributed by atoms with Crippen LogP contribution in [0.3, 0.4) is 0 Å². The third-order valence-corrected chi connectivity index (χ3v) is 2.47. The number of carboxylic acids is 1. The van der Waals surface area contributed by atoms with Gasteiger partial charge in [-0.3, -0.25) is 9.97 Å². The van der Waals surface area contributed by atoms with Gasteiger partial charge in [-0.15, -0.1) is 0 Å². The van der Waals surface area contributed by atoms with E-state index in [1.165, 1.54) is 12.3 Å². The van der Waals surface area contributed by atoms with Crippen LogP contribution in [-0.2, 0) is 0 Å². The van der Waals surface area contributed by atoms with Crippen molar-refractivity contribution in [2.24, 2.45) is 0 Å². The number of hydrogen-bond donors (Lipinski definition) is 1. The predicted octanol–water partition coefficient (Wildman–Crippen LogP) is 2.46. The molecule has 0 bridgehead atoms. The molecule has 0 aliphatic rings. The number of aromatic nitrogens is 2. The van der Waals surface area contributed by atoms with Crippen molar-refractivity contribution in [3.05, 3.63) is 47.3 Å². The third-order valence-electron chi connectivity index (χ3n) is 2.47. The van der Waals surface area contributed by atoms with Crippen LogP contribution in [0, 0.1) is 13.8 Å². The largest absolute Gasteiger partial charge is 0.478 e. The van der Waals surface area contributed by atoms with Crippen molar-refractivity contribution in [1.29, 1.82) is 0 Å². The Morgan fingerprint density at radius 2 is 1.94 bits per heavy atom. The molecule has 4 nitrogen and oxygen atoms in total. The van der Waals surface area contributed by atoms with Gasteiger partial charge in [-0.1, -0.05) is 6.07 Å². The van der Waals surface area contributed by atoms with E-state index in [9.17, 15) is 4.79 Å². The van der Waals surface area contributed by atoms with E-state index in [1.807, 2.05) is 19.9 Å². The third kappa shape index (κ3) is 2.30. The van der Waals surface area contributed by atoms with E-state index in [1.54, 1.807) is 12.3 Å². The van der Waals surface area contributed by atoms with Crippen LogP contribution in [-0.4, -0.2) is 21.0 Å². The average molecular weight is 228 g/mol. The maximum Gasteiger partial charge on any atom is 0.337 e. The highest BCUT2D eigenvalue weighted by molar-refractivity contribution is 5.87. The summed E-state index contributed by atoms with van der Waals surface area (Å²) in [5, 5.41) is 8.78. The summed E-state index contributed by atoms with van der Waals surface area (Å²) in [6.07, 6.45) is 3.12. The van der Waals surface area contributed by atoms with Crippen LogP contribution in [0.2, 0.25) is 0 Å². The molecule has 0 aromatic carbocycles. The first-order valence-electron chi connectivity index (χ1n) is 5.21. The lowest BCUT2D eigenvalue weighted by Gasteiger charge is -2.05. The normalized spacial score (nSPS) is 10.2. The summed E-state index contributed by atoms with van der Waals surface area (Å²) in [4.78, 5) is 19.1. The molecular weight excluding hydrogens is 216 g/mol. The fourth-order valence-electron chi connectivity index (χ4n) is 1.64. The maximum atomic E-state index is 10.7. The Balaban J connectivity index is 2.43. The SMILES string of the molecule is Cc1cnc(-c2ccc(C(=O)O)cn2)c(C)c1. The molecular formula is C13H12N2O2. The van der Waals surface area contributed by atoms with Gasteiger partial charge in [0, 0.05) is 12.4 Å². The van der Waals surface area contributed by atoms with Gasteiger partial charge >= 0.3 is 5.97 Å². The van der Waals surface area contributed by atoms with Crippen LogP contribution in [0.5, 0.6) is 0 Å². The number of carbonyl (C=O) groups is 1. The number of pyridine rings is 2. The molecule has 86 valence electrons. The van der Waals surface area contributed by atoms with Gasteiger partial charge in [-0.05, 0) is 37.1 Å². The van der Waals surface area contributed by atoms with Gasteiger partial charge in [0.05, 0.1) is 17.0 Å². The first-order chi connectivity index (χ1) is 8.08. The second kappa shape index (κ2) is 4.33. The molecule has 0 fully saturated rings. The number of rotatable bonds is 2. The first kappa shape index (κ1) is 11.3. The van der Waals surface area contributed by atoms with E-state index in [2.05, 4.69) is 9.97 Å². The molecule has 0 radical (unpaired) electrons. The van der Waals surface area contributed by atoms with Crippen molar-refractivity contribution in [2.75, 3.05) is 0 Å². The molecule has 1 N–H and O–H groups in total. The molecule has 2 heterocycles.